The Morgan fingerprint density at radius 2 is 2.13 bits per heavy atom. The van der Waals surface area contributed by atoms with E-state index in [1.807, 2.05) is 0 Å². The Morgan fingerprint density at radius 1 is 1.40 bits per heavy atom. The highest BCUT2D eigenvalue weighted by Crippen LogP contribution is 2.15. The molecule has 1 aromatic rings. The summed E-state index contributed by atoms with van der Waals surface area (Å²) < 4.78 is 4.99. The first kappa shape index (κ1) is 11.0. The van der Waals surface area contributed by atoms with Crippen molar-refractivity contribution in [1.82, 2.24) is 4.98 Å². The number of rotatable bonds is 5. The number of aromatic carboxylic acids is 1. The highest BCUT2D eigenvalue weighted by atomic mass is 16.5. The number of hydrogen-bond donors (Lipinski definition) is 2. The van der Waals surface area contributed by atoms with E-state index in [2.05, 4.69) is 4.98 Å². The third-order valence-corrected chi connectivity index (χ3v) is 1.55. The second-order valence-electron chi connectivity index (χ2n) is 2.65. The average Bonchev–Trinajstić information content (AvgIpc) is 2.17. The van der Waals surface area contributed by atoms with Gasteiger partial charge >= 0.3 is 11.9 Å². The molecule has 2 N–H and O–H groups in total. The second kappa shape index (κ2) is 4.94. The molecule has 0 bridgehead atoms. The zero-order valence-electron chi connectivity index (χ0n) is 7.71. The van der Waals surface area contributed by atoms with Crippen molar-refractivity contribution in [3.63, 3.8) is 0 Å². The maximum absolute atomic E-state index is 10.7. The molecule has 80 valence electrons. The van der Waals surface area contributed by atoms with Crippen LogP contribution in [0.3, 0.4) is 0 Å². The highest BCUT2D eigenvalue weighted by molar-refractivity contribution is 5.88. The summed E-state index contributed by atoms with van der Waals surface area (Å²) in [4.78, 5) is 24.5. The van der Waals surface area contributed by atoms with Crippen molar-refractivity contribution < 1.29 is 24.5 Å². The number of aromatic nitrogens is 1. The predicted octanol–water partition coefficient (Wildman–Crippen LogP) is 0.633. The molecule has 0 amide bonds. The maximum Gasteiger partial charge on any atom is 0.358 e. The number of pyridine rings is 1. The standard InChI is InChI=1S/C9H9NO5/c11-7(12)3-5-15-6-2-1-4-10-8(6)9(13)14/h1-2,4H,3,5H2,(H,11,12)(H,13,14). The van der Waals surface area contributed by atoms with E-state index in [-0.39, 0.29) is 24.5 Å². The Hall–Kier alpha value is -2.11. The van der Waals surface area contributed by atoms with Gasteiger partial charge in [0.1, 0.15) is 0 Å². The van der Waals surface area contributed by atoms with Crippen LogP contribution in [0.1, 0.15) is 16.9 Å². The van der Waals surface area contributed by atoms with Crippen LogP contribution in [0, 0.1) is 0 Å². The second-order valence-corrected chi connectivity index (χ2v) is 2.65. The molecule has 1 rings (SSSR count). The third kappa shape index (κ3) is 3.26. The lowest BCUT2D eigenvalue weighted by molar-refractivity contribution is -0.137. The molecular formula is C9H9NO5. The minimum Gasteiger partial charge on any atom is -0.490 e. The molecule has 0 spiro atoms. The Labute approximate surface area is 85.1 Å². The number of nitrogens with zero attached hydrogens (tertiary/aromatic N) is 1. The van der Waals surface area contributed by atoms with Crippen molar-refractivity contribution in [2.24, 2.45) is 0 Å². The van der Waals surface area contributed by atoms with Gasteiger partial charge in [-0.3, -0.25) is 4.79 Å². The Kier molecular flexibility index (Phi) is 3.61. The van der Waals surface area contributed by atoms with Crippen LogP contribution in [0.25, 0.3) is 0 Å². The van der Waals surface area contributed by atoms with Gasteiger partial charge in [0, 0.05) is 6.20 Å². The van der Waals surface area contributed by atoms with Crippen molar-refractivity contribution >= 4 is 11.9 Å². The Balaban J connectivity index is 2.67. The molecule has 0 aromatic carbocycles. The van der Waals surface area contributed by atoms with Crippen LogP contribution in [0.5, 0.6) is 5.75 Å². The first-order chi connectivity index (χ1) is 7.11. The molecule has 6 heteroatoms. The largest absolute Gasteiger partial charge is 0.490 e. The fraction of sp³-hybridized carbons (Fsp3) is 0.222. The minimum atomic E-state index is -1.21. The van der Waals surface area contributed by atoms with Gasteiger partial charge < -0.3 is 14.9 Å². The van der Waals surface area contributed by atoms with Crippen LogP contribution in [-0.4, -0.2) is 33.7 Å². The summed E-state index contributed by atoms with van der Waals surface area (Å²) in [6.07, 6.45) is 1.14. The predicted molar refractivity (Wildman–Crippen MR) is 48.9 cm³/mol. The van der Waals surface area contributed by atoms with Crippen LogP contribution in [0.4, 0.5) is 0 Å². The van der Waals surface area contributed by atoms with Crippen molar-refractivity contribution in [2.45, 2.75) is 6.42 Å². The van der Waals surface area contributed by atoms with Gasteiger partial charge in [0.2, 0.25) is 0 Å². The number of aliphatic carboxylic acids is 1. The third-order valence-electron chi connectivity index (χ3n) is 1.55. The summed E-state index contributed by atoms with van der Waals surface area (Å²) in [5, 5.41) is 17.1. The summed E-state index contributed by atoms with van der Waals surface area (Å²) in [6, 6.07) is 2.95. The molecule has 0 saturated heterocycles. The lowest BCUT2D eigenvalue weighted by Crippen LogP contribution is -2.09. The lowest BCUT2D eigenvalue weighted by Gasteiger charge is -2.05. The Bertz CT molecular complexity index is 377. The van der Waals surface area contributed by atoms with Crippen molar-refractivity contribution in [3.8, 4) is 5.75 Å². The summed E-state index contributed by atoms with van der Waals surface area (Å²) in [7, 11) is 0. The van der Waals surface area contributed by atoms with E-state index >= 15 is 0 Å². The van der Waals surface area contributed by atoms with Gasteiger partial charge in [0.25, 0.3) is 0 Å². The zero-order valence-corrected chi connectivity index (χ0v) is 7.71. The molecule has 0 unspecified atom stereocenters. The van der Waals surface area contributed by atoms with Crippen molar-refractivity contribution in [1.29, 1.82) is 0 Å². The van der Waals surface area contributed by atoms with Gasteiger partial charge in [-0.2, -0.15) is 0 Å². The SMILES string of the molecule is O=C(O)CCOc1cccnc1C(=O)O. The van der Waals surface area contributed by atoms with Gasteiger partial charge in [-0.15, -0.1) is 0 Å². The maximum atomic E-state index is 10.7. The monoisotopic (exact) mass is 211 g/mol. The van der Waals surface area contributed by atoms with Gasteiger partial charge in [-0.25, -0.2) is 9.78 Å². The number of carboxylic acid groups (broad SMARTS) is 2. The molecule has 0 atom stereocenters. The molecule has 0 radical (unpaired) electrons. The summed E-state index contributed by atoms with van der Waals surface area (Å²) in [6.45, 7) is -0.0820. The quantitative estimate of drug-likeness (QED) is 0.741. The van der Waals surface area contributed by atoms with E-state index in [1.54, 1.807) is 0 Å². The van der Waals surface area contributed by atoms with E-state index in [0.29, 0.717) is 0 Å². The number of carboxylic acids is 2. The number of ether oxygens (including phenoxy) is 1. The van der Waals surface area contributed by atoms with E-state index in [0.717, 1.165) is 0 Å². The molecule has 0 saturated carbocycles. The van der Waals surface area contributed by atoms with Crippen molar-refractivity contribution in [3.05, 3.63) is 24.0 Å². The van der Waals surface area contributed by atoms with Crippen LogP contribution in [-0.2, 0) is 4.79 Å². The van der Waals surface area contributed by atoms with E-state index in [1.165, 1.54) is 18.3 Å². The van der Waals surface area contributed by atoms with E-state index in [9.17, 15) is 9.59 Å². The van der Waals surface area contributed by atoms with E-state index < -0.39 is 11.9 Å². The van der Waals surface area contributed by atoms with Crippen molar-refractivity contribution in [2.75, 3.05) is 6.61 Å². The molecule has 0 fully saturated rings. The first-order valence-electron chi connectivity index (χ1n) is 4.14. The van der Waals surface area contributed by atoms with Gasteiger partial charge in [0.05, 0.1) is 13.0 Å². The highest BCUT2D eigenvalue weighted by Gasteiger charge is 2.12. The van der Waals surface area contributed by atoms with Crippen LogP contribution >= 0.6 is 0 Å². The smallest absolute Gasteiger partial charge is 0.358 e. The lowest BCUT2D eigenvalue weighted by atomic mass is 10.3. The minimum absolute atomic E-state index is 0.0752. The first-order valence-corrected chi connectivity index (χ1v) is 4.14. The fourth-order valence-corrected chi connectivity index (χ4v) is 0.916. The summed E-state index contributed by atoms with van der Waals surface area (Å²) in [5.41, 5.74) is -0.220. The molecule has 1 heterocycles. The molecule has 6 nitrogen and oxygen atoms in total. The molecular weight excluding hydrogens is 202 g/mol. The van der Waals surface area contributed by atoms with Crippen LogP contribution in [0.2, 0.25) is 0 Å². The molecule has 0 aliphatic rings. The van der Waals surface area contributed by atoms with Crippen LogP contribution < -0.4 is 4.74 Å². The number of carbonyl (C=O) groups is 2. The molecule has 0 aliphatic carbocycles. The fourth-order valence-electron chi connectivity index (χ4n) is 0.916. The Morgan fingerprint density at radius 3 is 2.73 bits per heavy atom. The average molecular weight is 211 g/mol. The van der Waals surface area contributed by atoms with E-state index in [4.69, 9.17) is 14.9 Å². The van der Waals surface area contributed by atoms with Gasteiger partial charge in [-0.05, 0) is 12.1 Å². The zero-order chi connectivity index (χ0) is 11.3. The molecule has 0 aliphatic heterocycles. The topological polar surface area (TPSA) is 96.7 Å². The van der Waals surface area contributed by atoms with Gasteiger partial charge in [-0.1, -0.05) is 0 Å². The summed E-state index contributed by atoms with van der Waals surface area (Å²) >= 11 is 0. The molecule has 15 heavy (non-hydrogen) atoms. The molecule has 1 aromatic heterocycles. The summed E-state index contributed by atoms with van der Waals surface area (Å²) in [5.74, 6) is -2.14. The van der Waals surface area contributed by atoms with Gasteiger partial charge in [0.15, 0.2) is 11.4 Å². The van der Waals surface area contributed by atoms with Crippen LogP contribution in [0.15, 0.2) is 18.3 Å². The number of hydrogen-bond acceptors (Lipinski definition) is 4. The normalized spacial score (nSPS) is 9.60.